The number of nitrogens with zero attached hydrogens (tertiary/aromatic N) is 2. The van der Waals surface area contributed by atoms with E-state index in [9.17, 15) is 0 Å². The molecule has 2 aromatic carbocycles. The highest BCUT2D eigenvalue weighted by atomic mass is 16.5. The zero-order valence-electron chi connectivity index (χ0n) is 13.6. The standard InChI is InChI=1S/C18H20N4O2/c1-23-15-9-11-17(24-2)14(12-15)8-10-16(21-22-18(19)20)13-6-4-3-5-7-13/h3-12H,1-2H3,(H4,19,20,22)/b10-8+,21-16-. The van der Waals surface area contributed by atoms with E-state index in [1.165, 1.54) is 0 Å². The maximum atomic E-state index is 5.37. The van der Waals surface area contributed by atoms with Gasteiger partial charge in [-0.1, -0.05) is 30.3 Å². The molecular formula is C18H20N4O2. The second-order valence-electron chi connectivity index (χ2n) is 4.82. The molecule has 0 heterocycles. The number of guanidine groups is 1. The van der Waals surface area contributed by atoms with E-state index in [-0.39, 0.29) is 5.96 Å². The largest absolute Gasteiger partial charge is 0.497 e. The molecule has 0 spiro atoms. The van der Waals surface area contributed by atoms with Crippen LogP contribution >= 0.6 is 0 Å². The van der Waals surface area contributed by atoms with E-state index in [1.54, 1.807) is 14.2 Å². The lowest BCUT2D eigenvalue weighted by Crippen LogP contribution is -2.22. The Morgan fingerprint density at radius 1 is 0.958 bits per heavy atom. The highest BCUT2D eigenvalue weighted by molar-refractivity contribution is 6.11. The topological polar surface area (TPSA) is 95.2 Å². The van der Waals surface area contributed by atoms with E-state index in [1.807, 2.05) is 60.7 Å². The van der Waals surface area contributed by atoms with E-state index in [4.69, 9.17) is 20.9 Å². The molecule has 0 atom stereocenters. The Labute approximate surface area is 141 Å². The fourth-order valence-electron chi connectivity index (χ4n) is 2.05. The quantitative estimate of drug-likeness (QED) is 0.484. The molecule has 0 aliphatic carbocycles. The minimum atomic E-state index is -0.101. The van der Waals surface area contributed by atoms with Crippen molar-refractivity contribution in [2.75, 3.05) is 14.2 Å². The Balaban J connectivity index is 2.41. The smallest absolute Gasteiger partial charge is 0.211 e. The number of benzene rings is 2. The molecule has 124 valence electrons. The zero-order valence-corrected chi connectivity index (χ0v) is 13.6. The summed E-state index contributed by atoms with van der Waals surface area (Å²) < 4.78 is 10.6. The van der Waals surface area contributed by atoms with Gasteiger partial charge in [-0.3, -0.25) is 0 Å². The van der Waals surface area contributed by atoms with Gasteiger partial charge in [0.1, 0.15) is 11.5 Å². The minimum absolute atomic E-state index is 0.101. The van der Waals surface area contributed by atoms with Gasteiger partial charge >= 0.3 is 0 Å². The van der Waals surface area contributed by atoms with Crippen LogP contribution in [0.1, 0.15) is 11.1 Å². The first kappa shape index (κ1) is 17.1. The summed E-state index contributed by atoms with van der Waals surface area (Å²) in [6.45, 7) is 0. The number of ether oxygens (including phenoxy) is 2. The molecule has 2 rings (SSSR count). The molecule has 0 aliphatic heterocycles. The maximum absolute atomic E-state index is 5.37. The normalized spacial score (nSPS) is 11.3. The van der Waals surface area contributed by atoms with E-state index >= 15 is 0 Å². The molecule has 0 bridgehead atoms. The van der Waals surface area contributed by atoms with Crippen LogP contribution in [0.2, 0.25) is 0 Å². The molecule has 0 saturated heterocycles. The lowest BCUT2D eigenvalue weighted by molar-refractivity contribution is 0.402. The molecule has 0 aromatic heterocycles. The van der Waals surface area contributed by atoms with Crippen LogP contribution in [-0.2, 0) is 0 Å². The molecule has 6 nitrogen and oxygen atoms in total. The summed E-state index contributed by atoms with van der Waals surface area (Å²) in [5, 5.41) is 7.85. The molecule has 0 radical (unpaired) electrons. The molecule has 0 fully saturated rings. The van der Waals surface area contributed by atoms with Crippen LogP contribution in [-0.4, -0.2) is 25.9 Å². The average Bonchev–Trinajstić information content (AvgIpc) is 2.62. The summed E-state index contributed by atoms with van der Waals surface area (Å²) >= 11 is 0. The van der Waals surface area contributed by atoms with Crippen LogP contribution < -0.4 is 20.9 Å². The van der Waals surface area contributed by atoms with Crippen molar-refractivity contribution >= 4 is 17.7 Å². The van der Waals surface area contributed by atoms with Crippen molar-refractivity contribution in [1.29, 1.82) is 0 Å². The van der Waals surface area contributed by atoms with Crippen molar-refractivity contribution in [3.63, 3.8) is 0 Å². The van der Waals surface area contributed by atoms with Crippen molar-refractivity contribution in [3.05, 3.63) is 65.7 Å². The summed E-state index contributed by atoms with van der Waals surface area (Å²) in [5.74, 6) is 1.36. The maximum Gasteiger partial charge on any atom is 0.211 e. The SMILES string of the molecule is COc1ccc(OC)c(/C=C/C(=N/N=C(N)N)c2ccccc2)c1. The van der Waals surface area contributed by atoms with Gasteiger partial charge in [-0.15, -0.1) is 10.2 Å². The average molecular weight is 324 g/mol. The Bertz CT molecular complexity index is 764. The third kappa shape index (κ3) is 4.61. The van der Waals surface area contributed by atoms with Gasteiger partial charge in [-0.05, 0) is 30.4 Å². The Morgan fingerprint density at radius 2 is 1.71 bits per heavy atom. The Morgan fingerprint density at radius 3 is 2.33 bits per heavy atom. The van der Waals surface area contributed by atoms with Gasteiger partial charge in [0.2, 0.25) is 5.96 Å². The van der Waals surface area contributed by atoms with Gasteiger partial charge in [0, 0.05) is 11.1 Å². The van der Waals surface area contributed by atoms with Gasteiger partial charge in [0.25, 0.3) is 0 Å². The monoisotopic (exact) mass is 324 g/mol. The zero-order chi connectivity index (χ0) is 17.4. The van der Waals surface area contributed by atoms with Crippen LogP contribution in [0.15, 0.2) is 64.8 Å². The van der Waals surface area contributed by atoms with Gasteiger partial charge in [0.15, 0.2) is 0 Å². The summed E-state index contributed by atoms with van der Waals surface area (Å²) in [5.41, 5.74) is 13.1. The van der Waals surface area contributed by atoms with Crippen molar-refractivity contribution in [2.24, 2.45) is 21.7 Å². The predicted molar refractivity (Wildman–Crippen MR) is 97.4 cm³/mol. The van der Waals surface area contributed by atoms with Crippen LogP contribution in [0.25, 0.3) is 6.08 Å². The number of hydrogen-bond donors (Lipinski definition) is 2. The van der Waals surface area contributed by atoms with E-state index < -0.39 is 0 Å². The van der Waals surface area contributed by atoms with E-state index in [0.717, 1.165) is 22.6 Å². The first-order chi connectivity index (χ1) is 11.6. The molecular weight excluding hydrogens is 304 g/mol. The fraction of sp³-hybridized carbons (Fsp3) is 0.111. The minimum Gasteiger partial charge on any atom is -0.497 e. The van der Waals surface area contributed by atoms with Crippen LogP contribution in [0.5, 0.6) is 11.5 Å². The molecule has 2 aromatic rings. The van der Waals surface area contributed by atoms with Crippen LogP contribution in [0.3, 0.4) is 0 Å². The van der Waals surface area contributed by atoms with E-state index in [2.05, 4.69) is 10.2 Å². The summed E-state index contributed by atoms with van der Waals surface area (Å²) in [6.07, 6.45) is 3.69. The van der Waals surface area contributed by atoms with Crippen LogP contribution in [0, 0.1) is 0 Å². The molecule has 4 N–H and O–H groups in total. The highest BCUT2D eigenvalue weighted by Crippen LogP contribution is 2.25. The van der Waals surface area contributed by atoms with Gasteiger partial charge in [-0.2, -0.15) is 0 Å². The van der Waals surface area contributed by atoms with Crippen molar-refractivity contribution in [3.8, 4) is 11.5 Å². The summed E-state index contributed by atoms with van der Waals surface area (Å²) in [4.78, 5) is 0. The number of hydrogen-bond acceptors (Lipinski definition) is 4. The van der Waals surface area contributed by atoms with Gasteiger partial charge in [0.05, 0.1) is 19.9 Å². The second-order valence-corrected chi connectivity index (χ2v) is 4.82. The molecule has 0 aliphatic rings. The molecule has 0 amide bonds. The van der Waals surface area contributed by atoms with Crippen LogP contribution in [0.4, 0.5) is 0 Å². The third-order valence-electron chi connectivity index (χ3n) is 3.20. The van der Waals surface area contributed by atoms with Crippen molar-refractivity contribution in [1.82, 2.24) is 0 Å². The molecule has 24 heavy (non-hydrogen) atoms. The molecule has 6 heteroatoms. The molecule has 0 unspecified atom stereocenters. The van der Waals surface area contributed by atoms with Gasteiger partial charge < -0.3 is 20.9 Å². The van der Waals surface area contributed by atoms with Gasteiger partial charge in [-0.25, -0.2) is 0 Å². The lowest BCUT2D eigenvalue weighted by Gasteiger charge is -2.07. The number of rotatable bonds is 6. The summed E-state index contributed by atoms with van der Waals surface area (Å²) in [6, 6.07) is 15.2. The van der Waals surface area contributed by atoms with Crippen molar-refractivity contribution in [2.45, 2.75) is 0 Å². The number of allylic oxidation sites excluding steroid dienone is 1. The first-order valence-corrected chi connectivity index (χ1v) is 7.26. The Hall–Kier alpha value is -3.28. The third-order valence-corrected chi connectivity index (χ3v) is 3.20. The van der Waals surface area contributed by atoms with E-state index in [0.29, 0.717) is 5.71 Å². The predicted octanol–water partition coefficient (Wildman–Crippen LogP) is 2.39. The molecule has 0 saturated carbocycles. The lowest BCUT2D eigenvalue weighted by atomic mass is 10.1. The Kier molecular flexibility index (Phi) is 5.96. The number of nitrogens with two attached hydrogens (primary N) is 2. The fourth-order valence-corrected chi connectivity index (χ4v) is 2.05. The van der Waals surface area contributed by atoms with Crippen molar-refractivity contribution < 1.29 is 9.47 Å². The summed E-state index contributed by atoms with van der Waals surface area (Å²) in [7, 11) is 3.23. The first-order valence-electron chi connectivity index (χ1n) is 7.26. The number of methoxy groups -OCH3 is 2. The highest BCUT2D eigenvalue weighted by Gasteiger charge is 2.04. The second kappa shape index (κ2) is 8.38.